The molecule has 8 nitrogen and oxygen atoms in total. The van der Waals surface area contributed by atoms with E-state index in [2.05, 4.69) is 20.2 Å². The van der Waals surface area contributed by atoms with Gasteiger partial charge in [-0.2, -0.15) is 0 Å². The van der Waals surface area contributed by atoms with Crippen LogP contribution < -0.4 is 10.0 Å². The molecule has 1 aromatic heterocycles. The van der Waals surface area contributed by atoms with Crippen LogP contribution in [0.3, 0.4) is 0 Å². The molecule has 0 fully saturated rings. The number of benzene rings is 3. The Bertz CT molecular complexity index is 1420. The highest BCUT2D eigenvalue weighted by molar-refractivity contribution is 7.92. The van der Waals surface area contributed by atoms with Crippen LogP contribution in [0, 0.1) is 13.8 Å². The average Bonchev–Trinajstić information content (AvgIpc) is 3.24. The summed E-state index contributed by atoms with van der Waals surface area (Å²) in [6.45, 7) is 3.89. The van der Waals surface area contributed by atoms with Gasteiger partial charge in [0, 0.05) is 21.8 Å². The lowest BCUT2D eigenvalue weighted by atomic mass is 10.1. The topological polar surface area (TPSA) is 114 Å². The number of rotatable bonds is 6. The highest BCUT2D eigenvalue weighted by atomic mass is 35.5. The number of nitrogens with one attached hydrogen (secondary N) is 2. The smallest absolute Gasteiger partial charge is 0.322 e. The predicted molar refractivity (Wildman–Crippen MR) is 126 cm³/mol. The van der Waals surface area contributed by atoms with Gasteiger partial charge in [-0.15, -0.1) is 5.10 Å². The third-order valence-corrected chi connectivity index (χ3v) is 6.44. The zero-order valence-electron chi connectivity index (χ0n) is 17.7. The maximum atomic E-state index is 12.5. The van der Waals surface area contributed by atoms with Gasteiger partial charge in [-0.3, -0.25) is 14.8 Å². The molecule has 0 unspecified atom stereocenters. The van der Waals surface area contributed by atoms with Crippen LogP contribution in [0.25, 0.3) is 11.5 Å². The quantitative estimate of drug-likeness (QED) is 0.397. The monoisotopic (exact) mass is 482 g/mol. The molecule has 0 aliphatic carbocycles. The van der Waals surface area contributed by atoms with E-state index in [0.717, 1.165) is 16.7 Å². The minimum absolute atomic E-state index is 0.0385. The molecule has 0 saturated carbocycles. The van der Waals surface area contributed by atoms with Crippen molar-refractivity contribution < 1.29 is 17.6 Å². The van der Waals surface area contributed by atoms with Crippen molar-refractivity contribution in [3.8, 4) is 11.5 Å². The van der Waals surface area contributed by atoms with Gasteiger partial charge in [0.2, 0.25) is 5.89 Å². The van der Waals surface area contributed by atoms with Gasteiger partial charge in [0.05, 0.1) is 4.90 Å². The summed E-state index contributed by atoms with van der Waals surface area (Å²) in [5, 5.41) is 10.9. The van der Waals surface area contributed by atoms with Crippen LogP contribution in [0.1, 0.15) is 21.5 Å². The van der Waals surface area contributed by atoms with Gasteiger partial charge in [-0.05, 0) is 74.0 Å². The minimum atomic E-state index is -3.78. The van der Waals surface area contributed by atoms with E-state index in [1.807, 2.05) is 32.0 Å². The number of amides is 1. The molecular weight excluding hydrogens is 464 g/mol. The maximum absolute atomic E-state index is 12.5. The van der Waals surface area contributed by atoms with E-state index in [9.17, 15) is 13.2 Å². The van der Waals surface area contributed by atoms with Crippen LogP contribution in [0.4, 0.5) is 11.7 Å². The first-order valence-electron chi connectivity index (χ1n) is 9.82. The molecule has 1 amide bonds. The second-order valence-electron chi connectivity index (χ2n) is 7.32. The van der Waals surface area contributed by atoms with E-state index >= 15 is 0 Å². The minimum Gasteiger partial charge on any atom is -0.403 e. The summed E-state index contributed by atoms with van der Waals surface area (Å²) < 4.78 is 33.0. The molecule has 0 aliphatic heterocycles. The lowest BCUT2D eigenvalue weighted by Crippen LogP contribution is -2.14. The van der Waals surface area contributed by atoms with E-state index in [1.165, 1.54) is 48.5 Å². The Balaban J connectivity index is 1.44. The number of aryl methyl sites for hydroxylation is 2. The van der Waals surface area contributed by atoms with Gasteiger partial charge in [0.1, 0.15) is 0 Å². The number of anilines is 2. The summed E-state index contributed by atoms with van der Waals surface area (Å²) in [4.78, 5) is 12.6. The van der Waals surface area contributed by atoms with Crippen molar-refractivity contribution in [2.45, 2.75) is 18.7 Å². The molecule has 3 aromatic carbocycles. The first-order valence-corrected chi connectivity index (χ1v) is 11.7. The van der Waals surface area contributed by atoms with Crippen molar-refractivity contribution in [3.63, 3.8) is 0 Å². The number of carbonyl (C=O) groups is 1. The fourth-order valence-electron chi connectivity index (χ4n) is 3.04. The van der Waals surface area contributed by atoms with Crippen molar-refractivity contribution in [2.75, 3.05) is 10.0 Å². The van der Waals surface area contributed by atoms with Crippen molar-refractivity contribution in [1.29, 1.82) is 0 Å². The zero-order valence-corrected chi connectivity index (χ0v) is 19.2. The van der Waals surface area contributed by atoms with E-state index in [-0.39, 0.29) is 16.5 Å². The lowest BCUT2D eigenvalue weighted by Gasteiger charge is -2.09. The average molecular weight is 483 g/mol. The number of sulfonamides is 1. The van der Waals surface area contributed by atoms with Gasteiger partial charge >= 0.3 is 6.01 Å². The van der Waals surface area contributed by atoms with E-state index in [0.29, 0.717) is 16.6 Å². The molecule has 0 radical (unpaired) electrons. The van der Waals surface area contributed by atoms with Crippen LogP contribution in [-0.2, 0) is 10.0 Å². The zero-order chi connectivity index (χ0) is 23.6. The van der Waals surface area contributed by atoms with Crippen LogP contribution >= 0.6 is 11.6 Å². The molecular formula is C23H19ClN4O4S. The Morgan fingerprint density at radius 1 is 0.939 bits per heavy atom. The van der Waals surface area contributed by atoms with Crippen molar-refractivity contribution >= 4 is 39.2 Å². The second kappa shape index (κ2) is 9.05. The Kier molecular flexibility index (Phi) is 6.17. The summed E-state index contributed by atoms with van der Waals surface area (Å²) in [6, 6.07) is 17.6. The molecule has 4 rings (SSSR count). The molecule has 0 spiro atoms. The number of halogens is 1. The number of aromatic nitrogens is 2. The summed E-state index contributed by atoms with van der Waals surface area (Å²) in [7, 11) is -3.78. The molecule has 33 heavy (non-hydrogen) atoms. The third-order valence-electron chi connectivity index (χ3n) is 4.79. The molecule has 0 atom stereocenters. The SMILES string of the molecule is Cc1ccc(C)c(-c2nnc(NC(=O)c3ccc(NS(=O)(=O)c4ccc(Cl)cc4)cc3)o2)c1. The van der Waals surface area contributed by atoms with E-state index in [4.69, 9.17) is 16.0 Å². The van der Waals surface area contributed by atoms with Gasteiger partial charge in [-0.1, -0.05) is 34.4 Å². The van der Waals surface area contributed by atoms with Crippen molar-refractivity contribution in [1.82, 2.24) is 10.2 Å². The Morgan fingerprint density at radius 2 is 1.64 bits per heavy atom. The Hall–Kier alpha value is -3.69. The van der Waals surface area contributed by atoms with Gasteiger partial charge in [-0.25, -0.2) is 8.42 Å². The first kappa shape index (κ1) is 22.5. The van der Waals surface area contributed by atoms with Crippen molar-refractivity contribution in [3.05, 3.63) is 88.4 Å². The molecule has 1 heterocycles. The van der Waals surface area contributed by atoms with Gasteiger partial charge in [0.25, 0.3) is 15.9 Å². The number of nitrogens with zero attached hydrogens (tertiary/aromatic N) is 2. The fraction of sp³-hybridized carbons (Fsp3) is 0.0870. The van der Waals surface area contributed by atoms with Crippen LogP contribution in [0.2, 0.25) is 5.02 Å². The molecule has 0 saturated heterocycles. The Labute approximate surface area is 195 Å². The van der Waals surface area contributed by atoms with E-state index < -0.39 is 15.9 Å². The summed E-state index contributed by atoms with van der Waals surface area (Å²) in [6.07, 6.45) is 0. The lowest BCUT2D eigenvalue weighted by molar-refractivity contribution is 0.102. The standard InChI is InChI=1S/C23H19ClN4O4S/c1-14-3-4-15(2)20(13-14)22-26-27-23(32-22)25-21(29)16-5-9-18(10-6-16)28-33(30,31)19-11-7-17(24)8-12-19/h3-13,28H,1-2H3,(H,25,27,29). The summed E-state index contributed by atoms with van der Waals surface area (Å²) in [5.74, 6) is -0.170. The van der Waals surface area contributed by atoms with E-state index in [1.54, 1.807) is 0 Å². The van der Waals surface area contributed by atoms with Crippen molar-refractivity contribution in [2.24, 2.45) is 0 Å². The summed E-state index contributed by atoms with van der Waals surface area (Å²) in [5.41, 5.74) is 3.40. The number of hydrogen-bond donors (Lipinski definition) is 2. The molecule has 0 aliphatic rings. The highest BCUT2D eigenvalue weighted by Crippen LogP contribution is 2.25. The van der Waals surface area contributed by atoms with Crippen LogP contribution in [0.15, 0.2) is 76.0 Å². The summed E-state index contributed by atoms with van der Waals surface area (Å²) >= 11 is 5.80. The molecule has 10 heteroatoms. The van der Waals surface area contributed by atoms with Crippen LogP contribution in [0.5, 0.6) is 0 Å². The molecule has 2 N–H and O–H groups in total. The fourth-order valence-corrected chi connectivity index (χ4v) is 4.22. The number of hydrogen-bond acceptors (Lipinski definition) is 6. The predicted octanol–water partition coefficient (Wildman–Crippen LogP) is 5.06. The van der Waals surface area contributed by atoms with Crippen LogP contribution in [-0.4, -0.2) is 24.5 Å². The van der Waals surface area contributed by atoms with Gasteiger partial charge < -0.3 is 4.42 Å². The second-order valence-corrected chi connectivity index (χ2v) is 9.44. The maximum Gasteiger partial charge on any atom is 0.322 e. The normalized spacial score (nSPS) is 11.2. The Morgan fingerprint density at radius 3 is 2.33 bits per heavy atom. The number of carbonyl (C=O) groups excluding carboxylic acids is 1. The molecule has 168 valence electrons. The third kappa shape index (κ3) is 5.21. The van der Waals surface area contributed by atoms with Gasteiger partial charge in [0.15, 0.2) is 0 Å². The highest BCUT2D eigenvalue weighted by Gasteiger charge is 2.16. The first-order chi connectivity index (χ1) is 15.7. The largest absolute Gasteiger partial charge is 0.403 e. The molecule has 0 bridgehead atoms. The molecule has 4 aromatic rings.